The van der Waals surface area contributed by atoms with E-state index >= 15 is 0 Å². The Bertz CT molecular complexity index is 185. The Morgan fingerprint density at radius 1 is 1.55 bits per heavy atom. The molecule has 2 aliphatic rings. The summed E-state index contributed by atoms with van der Waals surface area (Å²) in [7, 11) is 0. The minimum atomic E-state index is 0.529. The maximum atomic E-state index is 5.55. The smallest absolute Gasteiger partial charge is 0.0613 e. The van der Waals surface area contributed by atoms with E-state index in [-0.39, 0.29) is 0 Å². The van der Waals surface area contributed by atoms with Crippen LogP contribution in [0.4, 0.5) is 0 Å². The van der Waals surface area contributed by atoms with Crippen LogP contribution < -0.4 is 0 Å². The summed E-state index contributed by atoms with van der Waals surface area (Å²) in [5, 5.41) is 0. The molecule has 1 fully saturated rings. The molecule has 1 heteroatoms. The molecule has 1 unspecified atom stereocenters. The van der Waals surface area contributed by atoms with Crippen molar-refractivity contribution in [2.75, 3.05) is 6.61 Å². The molecule has 0 radical (unpaired) electrons. The van der Waals surface area contributed by atoms with E-state index in [0.717, 1.165) is 19.4 Å². The van der Waals surface area contributed by atoms with Crippen LogP contribution >= 0.6 is 0 Å². The summed E-state index contributed by atoms with van der Waals surface area (Å²) >= 11 is 0. The first kappa shape index (κ1) is 7.11. The fourth-order valence-corrected chi connectivity index (χ4v) is 1.74. The third kappa shape index (κ3) is 1.72. The molecule has 0 aromatic heterocycles. The third-order valence-corrected chi connectivity index (χ3v) is 2.36. The van der Waals surface area contributed by atoms with Gasteiger partial charge in [-0.15, -0.1) is 0 Å². The van der Waals surface area contributed by atoms with E-state index in [1.807, 2.05) is 0 Å². The molecule has 0 spiro atoms. The van der Waals surface area contributed by atoms with Crippen molar-refractivity contribution in [2.24, 2.45) is 0 Å². The monoisotopic (exact) mass is 150 g/mol. The van der Waals surface area contributed by atoms with E-state index < -0.39 is 0 Å². The zero-order chi connectivity index (χ0) is 7.52. The van der Waals surface area contributed by atoms with Gasteiger partial charge in [-0.1, -0.05) is 23.8 Å². The lowest BCUT2D eigenvalue weighted by molar-refractivity contribution is 0.111. The molecule has 2 rings (SSSR count). The quantitative estimate of drug-likeness (QED) is 0.587. The molecule has 1 aliphatic heterocycles. The average Bonchev–Trinajstić information content (AvgIpc) is 2.60. The van der Waals surface area contributed by atoms with Gasteiger partial charge in [-0.05, 0) is 25.7 Å². The van der Waals surface area contributed by atoms with Crippen molar-refractivity contribution >= 4 is 0 Å². The number of rotatable bonds is 2. The highest BCUT2D eigenvalue weighted by Gasteiger charge is 2.16. The van der Waals surface area contributed by atoms with E-state index in [2.05, 4.69) is 18.2 Å². The van der Waals surface area contributed by atoms with E-state index in [1.54, 1.807) is 0 Å². The lowest BCUT2D eigenvalue weighted by atomic mass is 10.1. The maximum Gasteiger partial charge on any atom is 0.0613 e. The molecule has 0 bridgehead atoms. The van der Waals surface area contributed by atoms with Crippen molar-refractivity contribution in [1.29, 1.82) is 0 Å². The standard InChI is InChI=1S/C10H14O/c1-2-5-9(4-1)8-10-6-3-7-11-10/h1-2,4,10H,3,5-8H2. The molecular formula is C10H14O. The third-order valence-electron chi connectivity index (χ3n) is 2.36. The van der Waals surface area contributed by atoms with Gasteiger partial charge in [0.2, 0.25) is 0 Å². The van der Waals surface area contributed by atoms with E-state index in [1.165, 1.54) is 18.4 Å². The maximum absolute atomic E-state index is 5.55. The van der Waals surface area contributed by atoms with Gasteiger partial charge in [0.15, 0.2) is 0 Å². The highest BCUT2D eigenvalue weighted by molar-refractivity contribution is 5.23. The summed E-state index contributed by atoms with van der Waals surface area (Å²) < 4.78 is 5.55. The molecule has 0 aromatic rings. The summed E-state index contributed by atoms with van der Waals surface area (Å²) in [5.41, 5.74) is 1.54. The Kier molecular flexibility index (Phi) is 2.08. The van der Waals surface area contributed by atoms with Gasteiger partial charge in [0.25, 0.3) is 0 Å². The molecule has 1 atom stereocenters. The Balaban J connectivity index is 1.81. The molecule has 0 N–H and O–H groups in total. The summed E-state index contributed by atoms with van der Waals surface area (Å²) in [6, 6.07) is 0. The minimum absolute atomic E-state index is 0.529. The number of hydrogen-bond donors (Lipinski definition) is 0. The molecule has 0 saturated carbocycles. The zero-order valence-corrected chi connectivity index (χ0v) is 6.75. The molecule has 11 heavy (non-hydrogen) atoms. The first-order valence-electron chi connectivity index (χ1n) is 4.41. The van der Waals surface area contributed by atoms with Crippen molar-refractivity contribution in [3.05, 3.63) is 23.8 Å². The molecule has 0 aromatic carbocycles. The van der Waals surface area contributed by atoms with E-state index in [0.29, 0.717) is 6.10 Å². The topological polar surface area (TPSA) is 9.23 Å². The van der Waals surface area contributed by atoms with Crippen LogP contribution in [0.3, 0.4) is 0 Å². The average molecular weight is 150 g/mol. The number of hydrogen-bond acceptors (Lipinski definition) is 1. The fraction of sp³-hybridized carbons (Fsp3) is 0.600. The second-order valence-corrected chi connectivity index (χ2v) is 3.30. The molecule has 60 valence electrons. The minimum Gasteiger partial charge on any atom is -0.378 e. The van der Waals surface area contributed by atoms with Crippen molar-refractivity contribution < 1.29 is 4.74 Å². The van der Waals surface area contributed by atoms with Crippen LogP contribution in [0.25, 0.3) is 0 Å². The van der Waals surface area contributed by atoms with Crippen LogP contribution in [0.2, 0.25) is 0 Å². The van der Waals surface area contributed by atoms with Gasteiger partial charge in [0.05, 0.1) is 6.10 Å². The van der Waals surface area contributed by atoms with Gasteiger partial charge in [0.1, 0.15) is 0 Å². The van der Waals surface area contributed by atoms with Gasteiger partial charge >= 0.3 is 0 Å². The summed E-state index contributed by atoms with van der Waals surface area (Å²) in [6.45, 7) is 0.978. The normalized spacial score (nSPS) is 29.5. The number of ether oxygens (including phenoxy) is 1. The van der Waals surface area contributed by atoms with Crippen LogP contribution in [-0.4, -0.2) is 12.7 Å². The summed E-state index contributed by atoms with van der Waals surface area (Å²) in [4.78, 5) is 0. The van der Waals surface area contributed by atoms with Gasteiger partial charge in [0, 0.05) is 6.61 Å². The van der Waals surface area contributed by atoms with Crippen LogP contribution in [0.5, 0.6) is 0 Å². The fourth-order valence-electron chi connectivity index (χ4n) is 1.74. The van der Waals surface area contributed by atoms with E-state index in [9.17, 15) is 0 Å². The largest absolute Gasteiger partial charge is 0.378 e. The Morgan fingerprint density at radius 2 is 2.55 bits per heavy atom. The second kappa shape index (κ2) is 3.22. The predicted octanol–water partition coefficient (Wildman–Crippen LogP) is 2.44. The molecule has 1 saturated heterocycles. The molecule has 0 amide bonds. The van der Waals surface area contributed by atoms with Crippen LogP contribution in [-0.2, 0) is 4.74 Å². The van der Waals surface area contributed by atoms with Crippen molar-refractivity contribution in [3.63, 3.8) is 0 Å². The van der Waals surface area contributed by atoms with Crippen molar-refractivity contribution in [1.82, 2.24) is 0 Å². The zero-order valence-electron chi connectivity index (χ0n) is 6.75. The molecular weight excluding hydrogens is 136 g/mol. The first-order valence-corrected chi connectivity index (χ1v) is 4.41. The Hall–Kier alpha value is -0.560. The Morgan fingerprint density at radius 3 is 3.18 bits per heavy atom. The molecule has 1 aliphatic carbocycles. The van der Waals surface area contributed by atoms with Crippen LogP contribution in [0.15, 0.2) is 23.8 Å². The SMILES string of the molecule is C1=CCC(CC2CCCO2)=C1. The lowest BCUT2D eigenvalue weighted by Gasteiger charge is -2.08. The summed E-state index contributed by atoms with van der Waals surface area (Å²) in [6.07, 6.45) is 11.9. The van der Waals surface area contributed by atoms with Gasteiger partial charge in [-0.25, -0.2) is 0 Å². The molecule has 1 nitrogen and oxygen atoms in total. The Labute approximate surface area is 67.7 Å². The lowest BCUT2D eigenvalue weighted by Crippen LogP contribution is -2.04. The summed E-state index contributed by atoms with van der Waals surface area (Å²) in [5.74, 6) is 0. The van der Waals surface area contributed by atoms with Crippen LogP contribution in [0, 0.1) is 0 Å². The highest BCUT2D eigenvalue weighted by Crippen LogP contribution is 2.23. The highest BCUT2D eigenvalue weighted by atomic mass is 16.5. The van der Waals surface area contributed by atoms with Gasteiger partial charge in [-0.3, -0.25) is 0 Å². The van der Waals surface area contributed by atoms with E-state index in [4.69, 9.17) is 4.74 Å². The number of allylic oxidation sites excluding steroid dienone is 3. The molecule has 1 heterocycles. The second-order valence-electron chi connectivity index (χ2n) is 3.30. The van der Waals surface area contributed by atoms with Crippen molar-refractivity contribution in [2.45, 2.75) is 31.8 Å². The van der Waals surface area contributed by atoms with Gasteiger partial charge in [-0.2, -0.15) is 0 Å². The first-order chi connectivity index (χ1) is 5.45. The van der Waals surface area contributed by atoms with Gasteiger partial charge < -0.3 is 4.74 Å². The van der Waals surface area contributed by atoms with Crippen LogP contribution in [0.1, 0.15) is 25.7 Å². The predicted molar refractivity (Wildman–Crippen MR) is 45.4 cm³/mol. The van der Waals surface area contributed by atoms with Crippen molar-refractivity contribution in [3.8, 4) is 0 Å².